The highest BCUT2D eigenvalue weighted by Gasteiger charge is 2.21. The van der Waals surface area contributed by atoms with Crippen molar-refractivity contribution in [2.24, 2.45) is 0 Å². The molecule has 1 aliphatic rings. The van der Waals surface area contributed by atoms with Gasteiger partial charge in [-0.05, 0) is 39.7 Å². The molecule has 2 N–H and O–H groups in total. The van der Waals surface area contributed by atoms with Crippen molar-refractivity contribution < 1.29 is 19.1 Å². The largest absolute Gasteiger partial charge is 0.491 e. The number of furan rings is 1. The quantitative estimate of drug-likeness (QED) is 0.881. The Bertz CT molecular complexity index is 652. The fraction of sp³-hybridized carbons (Fsp3) is 0.214. The smallest absolute Gasteiger partial charge is 0.255 e. The molecule has 0 saturated carbocycles. The lowest BCUT2D eigenvalue weighted by atomic mass is 10.0. The van der Waals surface area contributed by atoms with E-state index in [1.54, 1.807) is 24.3 Å². The van der Waals surface area contributed by atoms with Crippen molar-refractivity contribution in [3.05, 3.63) is 51.9 Å². The van der Waals surface area contributed by atoms with Crippen LogP contribution in [0.3, 0.4) is 0 Å². The van der Waals surface area contributed by atoms with Crippen molar-refractivity contribution >= 4 is 21.8 Å². The normalized spacial score (nSPS) is 15.8. The van der Waals surface area contributed by atoms with Gasteiger partial charge in [0.05, 0.1) is 18.4 Å². The van der Waals surface area contributed by atoms with Gasteiger partial charge in [0.15, 0.2) is 4.67 Å². The summed E-state index contributed by atoms with van der Waals surface area (Å²) in [6.45, 7) is 0.909. The Labute approximate surface area is 123 Å². The number of halogens is 1. The second-order valence-electron chi connectivity index (χ2n) is 4.41. The lowest BCUT2D eigenvalue weighted by Gasteiger charge is -2.12. The zero-order valence-corrected chi connectivity index (χ0v) is 12.0. The summed E-state index contributed by atoms with van der Waals surface area (Å²) in [5.41, 5.74) is 1.64. The van der Waals surface area contributed by atoms with E-state index >= 15 is 0 Å². The molecule has 1 amide bonds. The van der Waals surface area contributed by atoms with Gasteiger partial charge in [0.1, 0.15) is 18.5 Å². The van der Waals surface area contributed by atoms with E-state index in [1.165, 1.54) is 6.26 Å². The fourth-order valence-corrected chi connectivity index (χ4v) is 2.58. The Hall–Kier alpha value is -1.79. The van der Waals surface area contributed by atoms with Crippen LogP contribution in [0.2, 0.25) is 0 Å². The van der Waals surface area contributed by atoms with E-state index < -0.39 is 6.10 Å². The van der Waals surface area contributed by atoms with Gasteiger partial charge in [-0.2, -0.15) is 0 Å². The van der Waals surface area contributed by atoms with Crippen LogP contribution in [0.15, 0.2) is 39.6 Å². The first-order chi connectivity index (χ1) is 9.66. The van der Waals surface area contributed by atoms with E-state index in [-0.39, 0.29) is 5.91 Å². The van der Waals surface area contributed by atoms with Gasteiger partial charge in [-0.15, -0.1) is 0 Å². The van der Waals surface area contributed by atoms with Crippen LogP contribution in [-0.4, -0.2) is 24.2 Å². The fourth-order valence-electron chi connectivity index (χ4n) is 2.12. The van der Waals surface area contributed by atoms with Crippen molar-refractivity contribution in [3.63, 3.8) is 0 Å². The molecular formula is C14H12BrNO4. The average Bonchev–Trinajstić information content (AvgIpc) is 2.79. The molecular weight excluding hydrogens is 326 g/mol. The van der Waals surface area contributed by atoms with E-state index in [1.807, 2.05) is 0 Å². The van der Waals surface area contributed by atoms with Crippen LogP contribution in [0.1, 0.15) is 27.6 Å². The molecule has 5 nitrogen and oxygen atoms in total. The number of hydrogen-bond donors (Lipinski definition) is 2. The molecule has 6 heteroatoms. The van der Waals surface area contributed by atoms with E-state index in [9.17, 15) is 9.90 Å². The maximum absolute atomic E-state index is 11.9. The van der Waals surface area contributed by atoms with Crippen LogP contribution in [0.4, 0.5) is 0 Å². The molecule has 0 bridgehead atoms. The summed E-state index contributed by atoms with van der Waals surface area (Å²) in [6.07, 6.45) is 0.617. The zero-order valence-electron chi connectivity index (χ0n) is 10.4. The maximum Gasteiger partial charge on any atom is 0.255 e. The molecule has 104 valence electrons. The molecule has 1 unspecified atom stereocenters. The van der Waals surface area contributed by atoms with Crippen LogP contribution < -0.4 is 10.1 Å². The number of rotatable bonds is 2. The lowest BCUT2D eigenvalue weighted by Crippen LogP contribution is -2.24. The van der Waals surface area contributed by atoms with Gasteiger partial charge in [0, 0.05) is 5.56 Å². The van der Waals surface area contributed by atoms with Crippen molar-refractivity contribution in [2.75, 3.05) is 13.2 Å². The number of aliphatic hydroxyl groups excluding tert-OH is 1. The van der Waals surface area contributed by atoms with Crippen molar-refractivity contribution in [2.45, 2.75) is 6.10 Å². The highest BCUT2D eigenvalue weighted by molar-refractivity contribution is 9.10. The zero-order chi connectivity index (χ0) is 14.1. The predicted octanol–water partition coefficient (Wildman–Crippen LogP) is 2.25. The highest BCUT2D eigenvalue weighted by Crippen LogP contribution is 2.32. The van der Waals surface area contributed by atoms with Gasteiger partial charge in [-0.1, -0.05) is 6.07 Å². The van der Waals surface area contributed by atoms with Gasteiger partial charge in [0.25, 0.3) is 5.91 Å². The Kier molecular flexibility index (Phi) is 3.50. The topological polar surface area (TPSA) is 71.7 Å². The first-order valence-corrected chi connectivity index (χ1v) is 6.92. The summed E-state index contributed by atoms with van der Waals surface area (Å²) in [6, 6.07) is 6.76. The minimum Gasteiger partial charge on any atom is -0.491 e. The number of amides is 1. The summed E-state index contributed by atoms with van der Waals surface area (Å²) >= 11 is 3.23. The van der Waals surface area contributed by atoms with Gasteiger partial charge in [-0.3, -0.25) is 4.79 Å². The monoisotopic (exact) mass is 337 g/mol. The van der Waals surface area contributed by atoms with Crippen molar-refractivity contribution in [1.82, 2.24) is 5.32 Å². The molecule has 1 aromatic carbocycles. The minimum absolute atomic E-state index is 0.196. The number of carbonyl (C=O) groups excluding carboxylic acids is 1. The molecule has 0 radical (unpaired) electrons. The maximum atomic E-state index is 11.9. The summed E-state index contributed by atoms with van der Waals surface area (Å²) in [7, 11) is 0. The molecule has 1 aliphatic heterocycles. The molecule has 0 aliphatic carbocycles. The molecule has 1 aromatic heterocycles. The molecule has 2 aromatic rings. The van der Waals surface area contributed by atoms with Crippen LogP contribution in [0, 0.1) is 0 Å². The summed E-state index contributed by atoms with van der Waals surface area (Å²) in [4.78, 5) is 11.9. The number of aliphatic hydroxyl groups is 1. The second-order valence-corrected chi connectivity index (χ2v) is 5.13. The van der Waals surface area contributed by atoms with Crippen LogP contribution in [-0.2, 0) is 0 Å². The van der Waals surface area contributed by atoms with Gasteiger partial charge >= 0.3 is 0 Å². The van der Waals surface area contributed by atoms with Crippen molar-refractivity contribution in [3.8, 4) is 5.75 Å². The number of hydrogen-bond acceptors (Lipinski definition) is 4. The average molecular weight is 338 g/mol. The first-order valence-electron chi connectivity index (χ1n) is 6.12. The van der Waals surface area contributed by atoms with Gasteiger partial charge in [0.2, 0.25) is 0 Å². The van der Waals surface area contributed by atoms with E-state index in [0.29, 0.717) is 40.3 Å². The Morgan fingerprint density at radius 2 is 2.20 bits per heavy atom. The molecule has 20 heavy (non-hydrogen) atoms. The van der Waals surface area contributed by atoms with E-state index in [2.05, 4.69) is 21.2 Å². The molecule has 0 saturated heterocycles. The number of carbonyl (C=O) groups is 1. The lowest BCUT2D eigenvalue weighted by molar-refractivity contribution is 0.0957. The molecule has 0 fully saturated rings. The van der Waals surface area contributed by atoms with Crippen molar-refractivity contribution in [1.29, 1.82) is 0 Å². The summed E-state index contributed by atoms with van der Waals surface area (Å²) in [5.74, 6) is 0.333. The molecule has 1 atom stereocenters. The molecule has 0 spiro atoms. The van der Waals surface area contributed by atoms with Gasteiger partial charge < -0.3 is 19.6 Å². The number of benzene rings is 1. The first kappa shape index (κ1) is 13.2. The minimum atomic E-state index is -0.871. The van der Waals surface area contributed by atoms with Crippen LogP contribution in [0.5, 0.6) is 5.75 Å². The molecule has 3 rings (SSSR count). The predicted molar refractivity (Wildman–Crippen MR) is 74.7 cm³/mol. The number of fused-ring (bicyclic) bond motifs is 1. The van der Waals surface area contributed by atoms with Crippen LogP contribution >= 0.6 is 15.9 Å². The Morgan fingerprint density at radius 1 is 1.35 bits per heavy atom. The third-order valence-corrected chi connectivity index (χ3v) is 3.79. The third kappa shape index (κ3) is 2.32. The standard InChI is InChI=1S/C14H12BrNO4/c15-13-9(3-5-20-13)12(17)8-1-2-11-10(7-8)14(18)16-4-6-19-11/h1-3,5,7,12,17H,4,6H2,(H,16,18). The second kappa shape index (κ2) is 5.30. The number of nitrogens with one attached hydrogen (secondary N) is 1. The van der Waals surface area contributed by atoms with E-state index in [0.717, 1.165) is 0 Å². The summed E-state index contributed by atoms with van der Waals surface area (Å²) in [5, 5.41) is 13.1. The number of ether oxygens (including phenoxy) is 1. The highest BCUT2D eigenvalue weighted by atomic mass is 79.9. The van der Waals surface area contributed by atoms with E-state index in [4.69, 9.17) is 9.15 Å². The summed E-state index contributed by atoms with van der Waals surface area (Å²) < 4.78 is 11.1. The third-order valence-electron chi connectivity index (χ3n) is 3.15. The van der Waals surface area contributed by atoms with Crippen LogP contribution in [0.25, 0.3) is 0 Å². The Balaban J connectivity index is 2.00. The van der Waals surface area contributed by atoms with Gasteiger partial charge in [-0.25, -0.2) is 0 Å². The molecule has 2 heterocycles. The Morgan fingerprint density at radius 3 is 2.95 bits per heavy atom. The SMILES string of the molecule is O=C1NCCOc2ccc(C(O)c3ccoc3Br)cc21.